The monoisotopic (exact) mass is 438 g/mol. The fraction of sp³-hybridized carbons (Fsp3) is 0.231. The highest BCUT2D eigenvalue weighted by Gasteiger charge is 2.40. The van der Waals surface area contributed by atoms with Crippen LogP contribution in [0, 0.1) is 0 Å². The molecule has 0 spiro atoms. The Balaban J connectivity index is 2.14. The van der Waals surface area contributed by atoms with Gasteiger partial charge in [-0.25, -0.2) is 9.37 Å². The van der Waals surface area contributed by atoms with Crippen LogP contribution in [0.3, 0.4) is 0 Å². The van der Waals surface area contributed by atoms with Gasteiger partial charge < -0.3 is 10.0 Å². The van der Waals surface area contributed by atoms with Gasteiger partial charge in [0.2, 0.25) is 0 Å². The van der Waals surface area contributed by atoms with E-state index >= 15 is 0 Å². The van der Waals surface area contributed by atoms with Crippen LogP contribution in [-0.4, -0.2) is 57.4 Å². The van der Waals surface area contributed by atoms with Crippen LogP contribution in [0.5, 0.6) is 0 Å². The van der Waals surface area contributed by atoms with E-state index in [9.17, 15) is 9.90 Å². The Hall–Kier alpha value is -3.18. The quantitative estimate of drug-likeness (QED) is 0.583. The van der Waals surface area contributed by atoms with Crippen molar-refractivity contribution >= 4 is 36.2 Å². The number of fused-ring (bicyclic) bond motifs is 2. The lowest BCUT2D eigenvalue weighted by atomic mass is 9.87. The van der Waals surface area contributed by atoms with E-state index in [-0.39, 0.29) is 11.3 Å². The van der Waals surface area contributed by atoms with Gasteiger partial charge in [0.1, 0.15) is 22.0 Å². The summed E-state index contributed by atoms with van der Waals surface area (Å²) >= 11 is 0. The van der Waals surface area contributed by atoms with E-state index in [1.165, 1.54) is 24.1 Å². The van der Waals surface area contributed by atoms with Crippen molar-refractivity contribution in [3.63, 3.8) is 0 Å². The zero-order valence-electron chi connectivity index (χ0n) is 26.5. The molecule has 0 bridgehead atoms. The first-order valence-electron chi connectivity index (χ1n) is 14.3. The first-order valence-corrected chi connectivity index (χ1v) is 12.8. The molecule has 1 aliphatic heterocycles. The first kappa shape index (κ1) is 12.6. The van der Waals surface area contributed by atoms with Gasteiger partial charge in [-0.3, -0.25) is 0 Å². The topological polar surface area (TPSA) is 43.5 Å². The summed E-state index contributed by atoms with van der Waals surface area (Å²) in [4.78, 5) is 13.4. The lowest BCUT2D eigenvalue weighted by molar-refractivity contribution is -0.462. The summed E-state index contributed by atoms with van der Waals surface area (Å²) < 4.78 is 71.4. The first-order chi connectivity index (χ1) is 18.3. The molecular formula is C26H29N2O2Si+. The minimum Gasteiger partial charge on any atom is -0.478 e. The number of allylic oxidation sites excluding steroid dienone is 5. The maximum absolute atomic E-state index is 12.2. The maximum Gasteiger partial charge on any atom is 0.336 e. The Morgan fingerprint density at radius 3 is 2.58 bits per heavy atom. The van der Waals surface area contributed by atoms with Crippen molar-refractivity contribution in [1.82, 2.24) is 0 Å². The third-order valence-corrected chi connectivity index (χ3v) is 9.48. The van der Waals surface area contributed by atoms with Crippen LogP contribution in [0.4, 0.5) is 5.69 Å². The number of anilines is 1. The van der Waals surface area contributed by atoms with Crippen molar-refractivity contribution < 1.29 is 26.8 Å². The minimum atomic E-state index is -2.95. The summed E-state index contributed by atoms with van der Waals surface area (Å²) in [6.07, 6.45) is 4.67. The Labute approximate surface area is 197 Å². The van der Waals surface area contributed by atoms with Crippen LogP contribution in [0.15, 0.2) is 71.5 Å². The number of benzene rings is 2. The molecule has 2 aromatic carbocycles. The van der Waals surface area contributed by atoms with Crippen LogP contribution >= 0.6 is 0 Å². The average Bonchev–Trinajstić information content (AvgIpc) is 2.82. The Kier molecular flexibility index (Phi) is 3.05. The molecule has 0 saturated carbocycles. The summed E-state index contributed by atoms with van der Waals surface area (Å²) in [5, 5.41) is 11.5. The SMILES string of the molecule is [2H]C([2H])([2H])N(C)c1ccc2c(c1)[Si](C)(C)C1=CC(=[N+](C([2H])([2H])[2H])C([2H])([2H])[2H])C=CC1=C2c1ccccc1C(=O)O. The van der Waals surface area contributed by atoms with Crippen molar-refractivity contribution in [1.29, 1.82) is 0 Å². The lowest BCUT2D eigenvalue weighted by Crippen LogP contribution is -2.49. The predicted octanol–water partition coefficient (Wildman–Crippen LogP) is 3.93. The van der Waals surface area contributed by atoms with Crippen LogP contribution in [0.2, 0.25) is 13.1 Å². The van der Waals surface area contributed by atoms with E-state index in [1.807, 2.05) is 13.1 Å². The molecule has 1 heterocycles. The van der Waals surface area contributed by atoms with E-state index in [4.69, 9.17) is 12.3 Å². The molecule has 0 saturated heterocycles. The Morgan fingerprint density at radius 2 is 1.87 bits per heavy atom. The zero-order valence-corrected chi connectivity index (χ0v) is 18.5. The van der Waals surface area contributed by atoms with E-state index in [0.717, 1.165) is 10.8 Å². The molecule has 158 valence electrons. The van der Waals surface area contributed by atoms with E-state index in [1.54, 1.807) is 48.6 Å². The van der Waals surface area contributed by atoms with Crippen molar-refractivity contribution in [2.45, 2.75) is 13.1 Å². The van der Waals surface area contributed by atoms with Crippen LogP contribution in [0.25, 0.3) is 5.57 Å². The smallest absolute Gasteiger partial charge is 0.336 e. The molecule has 0 aromatic heterocycles. The molecule has 4 rings (SSSR count). The average molecular weight is 439 g/mol. The zero-order chi connectivity index (χ0) is 30.0. The molecule has 0 atom stereocenters. The van der Waals surface area contributed by atoms with Crippen molar-refractivity contribution in [3.8, 4) is 0 Å². The summed E-state index contributed by atoms with van der Waals surface area (Å²) in [5.41, 5.74) is 2.95. The van der Waals surface area contributed by atoms with Crippen molar-refractivity contribution in [2.24, 2.45) is 0 Å². The molecule has 4 nitrogen and oxygen atoms in total. The van der Waals surface area contributed by atoms with Gasteiger partial charge in [0.15, 0.2) is 5.71 Å². The number of aromatic carboxylic acids is 1. The second kappa shape index (κ2) is 7.50. The van der Waals surface area contributed by atoms with Gasteiger partial charge >= 0.3 is 5.97 Å². The molecule has 0 amide bonds. The number of nitrogens with zero attached hydrogens (tertiary/aromatic N) is 2. The predicted molar refractivity (Wildman–Crippen MR) is 132 cm³/mol. The summed E-state index contributed by atoms with van der Waals surface area (Å²) in [6, 6.07) is 11.8. The van der Waals surface area contributed by atoms with Crippen LogP contribution in [0.1, 0.15) is 33.8 Å². The number of carboxylic acids is 1. The number of rotatable bonds is 3. The van der Waals surface area contributed by atoms with E-state index < -0.39 is 35.0 Å². The van der Waals surface area contributed by atoms with Gasteiger partial charge in [-0.1, -0.05) is 37.4 Å². The third kappa shape index (κ3) is 3.39. The summed E-state index contributed by atoms with van der Waals surface area (Å²) in [7, 11) is -1.29. The molecule has 0 fully saturated rings. The van der Waals surface area contributed by atoms with Gasteiger partial charge in [0.25, 0.3) is 0 Å². The molecular weight excluding hydrogens is 400 g/mol. The summed E-state index contributed by atoms with van der Waals surface area (Å²) in [5.74, 6) is -1.13. The Morgan fingerprint density at radius 1 is 1.10 bits per heavy atom. The second-order valence-corrected chi connectivity index (χ2v) is 12.5. The normalized spacial score (nSPS) is 22.0. The highest BCUT2D eigenvalue weighted by atomic mass is 28.3. The fourth-order valence-corrected chi connectivity index (χ4v) is 7.42. The van der Waals surface area contributed by atoms with Crippen molar-refractivity contribution in [3.05, 3.63) is 88.2 Å². The Bertz CT molecular complexity index is 1510. The third-order valence-electron chi connectivity index (χ3n) is 5.96. The molecule has 31 heavy (non-hydrogen) atoms. The standard InChI is InChI=1S/C26H28N2O2Si/c1-27(2)17-11-13-21-23(15-17)31(5,6)24-16-18(28(3)4)12-14-22(24)25(21)19-9-7-8-10-20(19)26(29)30/h7-16H,1-6H3/p+1/i1D3,2D3,3D3. The molecule has 1 aliphatic carbocycles. The van der Waals surface area contributed by atoms with Gasteiger partial charge in [-0.15, -0.1) is 0 Å². The minimum absolute atomic E-state index is 0.00981. The molecule has 0 unspecified atom stereocenters. The molecule has 0 radical (unpaired) electrons. The van der Waals surface area contributed by atoms with Crippen LogP contribution in [-0.2, 0) is 0 Å². The molecule has 1 N–H and O–H groups in total. The number of carboxylic acid groups (broad SMARTS) is 1. The van der Waals surface area contributed by atoms with Gasteiger partial charge in [0.05, 0.1) is 13.8 Å². The van der Waals surface area contributed by atoms with Gasteiger partial charge in [0, 0.05) is 36.0 Å². The number of hydrogen-bond acceptors (Lipinski definition) is 2. The summed E-state index contributed by atoms with van der Waals surface area (Å²) in [6.45, 7) is -4.27. The second-order valence-electron chi connectivity index (χ2n) is 8.20. The fourth-order valence-electron chi connectivity index (χ4n) is 4.35. The van der Waals surface area contributed by atoms with E-state index in [2.05, 4.69) is 0 Å². The molecule has 2 aliphatic rings. The highest BCUT2D eigenvalue weighted by Crippen LogP contribution is 2.42. The van der Waals surface area contributed by atoms with Crippen LogP contribution < -0.4 is 10.1 Å². The van der Waals surface area contributed by atoms with E-state index in [0.29, 0.717) is 32.2 Å². The number of hydrogen-bond donors (Lipinski definition) is 1. The highest BCUT2D eigenvalue weighted by molar-refractivity contribution is 6.98. The molecule has 2 aromatic rings. The number of carbonyl (C=O) groups is 1. The van der Waals surface area contributed by atoms with Crippen molar-refractivity contribution in [2.75, 3.05) is 32.9 Å². The van der Waals surface area contributed by atoms with Gasteiger partial charge in [-0.2, -0.15) is 0 Å². The maximum atomic E-state index is 12.2. The molecule has 5 heteroatoms. The largest absolute Gasteiger partial charge is 0.478 e. The van der Waals surface area contributed by atoms with Gasteiger partial charge in [-0.05, 0) is 56.9 Å². The lowest BCUT2D eigenvalue weighted by Gasteiger charge is -2.38.